The summed E-state index contributed by atoms with van der Waals surface area (Å²) in [5.74, 6) is -0.345. The molecule has 1 aliphatic rings. The predicted octanol–water partition coefficient (Wildman–Crippen LogP) is 4.43. The summed E-state index contributed by atoms with van der Waals surface area (Å²) in [5.41, 5.74) is 3.44. The molecule has 0 fully saturated rings. The number of methoxy groups -OCH3 is 1. The van der Waals surface area contributed by atoms with Crippen LogP contribution in [0, 0.1) is 0 Å². The van der Waals surface area contributed by atoms with Crippen LogP contribution in [0.1, 0.15) is 12.5 Å². The topological polar surface area (TPSA) is 32.8 Å². The molecule has 0 spiro atoms. The summed E-state index contributed by atoms with van der Waals surface area (Å²) in [4.78, 5) is 18.4. The number of fused-ring (bicyclic) bond motifs is 2. The van der Waals surface area contributed by atoms with Crippen molar-refractivity contribution in [1.29, 1.82) is 0 Å². The van der Waals surface area contributed by atoms with Gasteiger partial charge in [0.25, 0.3) is 0 Å². The van der Waals surface area contributed by atoms with Gasteiger partial charge in [0.1, 0.15) is 0 Å². The number of benzene rings is 2. The number of likely N-dealkylation sites (N-methyl/N-ethyl adjacent to an activating group) is 1. The van der Waals surface area contributed by atoms with E-state index in [0.717, 1.165) is 12.1 Å². The van der Waals surface area contributed by atoms with Gasteiger partial charge in [0.2, 0.25) is 0 Å². The molecule has 2 aromatic rings. The van der Waals surface area contributed by atoms with Crippen molar-refractivity contribution in [2.24, 2.45) is 0 Å². The first-order valence-corrected chi connectivity index (χ1v) is 9.42. The number of hydrogen-bond donors (Lipinski definition) is 0. The highest BCUT2D eigenvalue weighted by molar-refractivity contribution is 7.99. The van der Waals surface area contributed by atoms with Crippen LogP contribution < -0.4 is 4.90 Å². The van der Waals surface area contributed by atoms with Crippen LogP contribution in [0.15, 0.2) is 58.3 Å². The van der Waals surface area contributed by atoms with Crippen molar-refractivity contribution in [3.8, 4) is 0 Å². The van der Waals surface area contributed by atoms with E-state index in [-0.39, 0.29) is 5.97 Å². The van der Waals surface area contributed by atoms with E-state index in [1.165, 1.54) is 34.4 Å². The number of hydrogen-bond acceptors (Lipinski definition) is 5. The Balaban J connectivity index is 1.97. The van der Waals surface area contributed by atoms with E-state index in [9.17, 15) is 4.79 Å². The van der Waals surface area contributed by atoms with Crippen LogP contribution in [0.3, 0.4) is 0 Å². The van der Waals surface area contributed by atoms with Crippen molar-refractivity contribution < 1.29 is 9.53 Å². The summed E-state index contributed by atoms with van der Waals surface area (Å²) in [6.07, 6.45) is 3.25. The normalized spacial score (nSPS) is 14.3. The quantitative estimate of drug-likeness (QED) is 0.576. The maximum atomic E-state index is 11.3. The number of para-hydroxylation sites is 1. The summed E-state index contributed by atoms with van der Waals surface area (Å²) >= 11 is 1.77. The highest BCUT2D eigenvalue weighted by Crippen LogP contribution is 2.48. The molecule has 0 bridgehead atoms. The van der Waals surface area contributed by atoms with Crippen molar-refractivity contribution in [2.45, 2.75) is 22.8 Å². The van der Waals surface area contributed by atoms with Crippen molar-refractivity contribution in [3.05, 3.63) is 54.1 Å². The summed E-state index contributed by atoms with van der Waals surface area (Å²) in [7, 11) is 5.60. The minimum atomic E-state index is -0.345. The maximum absolute atomic E-state index is 11.3. The average Bonchev–Trinajstić information content (AvgIpc) is 2.65. The first-order chi connectivity index (χ1) is 12.5. The molecule has 1 unspecified atom stereocenters. The molecule has 4 nitrogen and oxygen atoms in total. The predicted molar refractivity (Wildman–Crippen MR) is 108 cm³/mol. The van der Waals surface area contributed by atoms with Crippen molar-refractivity contribution in [3.63, 3.8) is 0 Å². The smallest absolute Gasteiger partial charge is 0.330 e. The number of ether oxygens (including phenoxy) is 1. The summed E-state index contributed by atoms with van der Waals surface area (Å²) < 4.78 is 4.67. The van der Waals surface area contributed by atoms with E-state index in [1.807, 2.05) is 6.07 Å². The zero-order valence-electron chi connectivity index (χ0n) is 15.6. The SMILES string of the molecule is COC(=O)/C=C/c1ccc2c(c1)Sc1ccccc1N2CC(C)N(C)C. The third kappa shape index (κ3) is 3.94. The maximum Gasteiger partial charge on any atom is 0.330 e. The number of nitrogens with zero attached hydrogens (tertiary/aromatic N) is 2. The van der Waals surface area contributed by atoms with Crippen LogP contribution in [0.25, 0.3) is 6.08 Å². The fraction of sp³-hybridized carbons (Fsp3) is 0.286. The van der Waals surface area contributed by atoms with Gasteiger partial charge in [-0.15, -0.1) is 0 Å². The lowest BCUT2D eigenvalue weighted by Gasteiger charge is -2.36. The zero-order chi connectivity index (χ0) is 18.7. The number of carbonyl (C=O) groups is 1. The van der Waals surface area contributed by atoms with E-state index < -0.39 is 0 Å². The molecule has 0 aliphatic carbocycles. The summed E-state index contributed by atoms with van der Waals surface area (Å²) in [6, 6.07) is 15.2. The van der Waals surface area contributed by atoms with E-state index in [4.69, 9.17) is 0 Å². The van der Waals surface area contributed by atoms with Gasteiger partial charge in [0, 0.05) is 28.5 Å². The van der Waals surface area contributed by atoms with Gasteiger partial charge in [0.15, 0.2) is 0 Å². The van der Waals surface area contributed by atoms with Gasteiger partial charge in [0.05, 0.1) is 18.5 Å². The molecule has 0 amide bonds. The minimum absolute atomic E-state index is 0.345. The third-order valence-electron chi connectivity index (χ3n) is 4.59. The Kier molecular flexibility index (Phi) is 5.69. The lowest BCUT2D eigenvalue weighted by Crippen LogP contribution is -2.37. The summed E-state index contributed by atoms with van der Waals surface area (Å²) in [6.45, 7) is 3.15. The molecule has 0 saturated carbocycles. The Morgan fingerprint density at radius 1 is 1.19 bits per heavy atom. The second kappa shape index (κ2) is 7.98. The van der Waals surface area contributed by atoms with Crippen LogP contribution in [-0.4, -0.2) is 44.7 Å². The number of esters is 1. The van der Waals surface area contributed by atoms with Crippen molar-refractivity contribution >= 4 is 35.2 Å². The van der Waals surface area contributed by atoms with Crippen LogP contribution in [-0.2, 0) is 9.53 Å². The highest BCUT2D eigenvalue weighted by atomic mass is 32.2. The van der Waals surface area contributed by atoms with Crippen LogP contribution in [0.2, 0.25) is 0 Å². The molecular formula is C21H24N2O2S. The fourth-order valence-electron chi connectivity index (χ4n) is 2.81. The molecule has 1 heterocycles. The molecular weight excluding hydrogens is 344 g/mol. The Morgan fingerprint density at radius 3 is 2.65 bits per heavy atom. The standard InChI is InChI=1S/C21H24N2O2S/c1-15(22(2)3)14-23-17-7-5-6-8-19(17)26-20-13-16(9-11-18(20)23)10-12-21(24)25-4/h5-13,15H,14H2,1-4H3/b12-10+. The van der Waals surface area contributed by atoms with Gasteiger partial charge in [-0.05, 0) is 56.9 Å². The lowest BCUT2D eigenvalue weighted by atomic mass is 10.1. The Hall–Kier alpha value is -2.24. The lowest BCUT2D eigenvalue weighted by molar-refractivity contribution is -0.134. The zero-order valence-corrected chi connectivity index (χ0v) is 16.4. The second-order valence-corrected chi connectivity index (χ2v) is 7.66. The van der Waals surface area contributed by atoms with Crippen LogP contribution in [0.5, 0.6) is 0 Å². The van der Waals surface area contributed by atoms with Gasteiger partial charge < -0.3 is 14.5 Å². The monoisotopic (exact) mass is 368 g/mol. The van der Waals surface area contributed by atoms with Gasteiger partial charge in [-0.2, -0.15) is 0 Å². The molecule has 0 radical (unpaired) electrons. The third-order valence-corrected chi connectivity index (χ3v) is 5.70. The summed E-state index contributed by atoms with van der Waals surface area (Å²) in [5, 5.41) is 0. The Labute approximate surface area is 159 Å². The van der Waals surface area contributed by atoms with E-state index in [1.54, 1.807) is 17.8 Å². The van der Waals surface area contributed by atoms with Crippen molar-refractivity contribution in [2.75, 3.05) is 32.6 Å². The average molecular weight is 369 g/mol. The van der Waals surface area contributed by atoms with Gasteiger partial charge >= 0.3 is 5.97 Å². The first-order valence-electron chi connectivity index (χ1n) is 8.60. The number of anilines is 2. The van der Waals surface area contributed by atoms with Gasteiger partial charge in [-0.3, -0.25) is 0 Å². The first kappa shape index (κ1) is 18.5. The molecule has 3 rings (SSSR count). The van der Waals surface area contributed by atoms with E-state index in [2.05, 4.69) is 72.0 Å². The molecule has 136 valence electrons. The van der Waals surface area contributed by atoms with E-state index in [0.29, 0.717) is 6.04 Å². The largest absolute Gasteiger partial charge is 0.466 e. The number of rotatable bonds is 5. The van der Waals surface area contributed by atoms with Crippen molar-refractivity contribution in [1.82, 2.24) is 4.90 Å². The Morgan fingerprint density at radius 2 is 1.92 bits per heavy atom. The van der Waals surface area contributed by atoms with Gasteiger partial charge in [-0.25, -0.2) is 4.79 Å². The fourth-order valence-corrected chi connectivity index (χ4v) is 3.95. The van der Waals surface area contributed by atoms with Crippen LogP contribution in [0.4, 0.5) is 11.4 Å². The number of carbonyl (C=O) groups excluding carboxylic acids is 1. The highest BCUT2D eigenvalue weighted by Gasteiger charge is 2.25. The molecule has 1 atom stereocenters. The van der Waals surface area contributed by atoms with Crippen LogP contribution >= 0.6 is 11.8 Å². The second-order valence-electron chi connectivity index (χ2n) is 6.58. The minimum Gasteiger partial charge on any atom is -0.466 e. The molecule has 0 N–H and O–H groups in total. The van der Waals surface area contributed by atoms with Gasteiger partial charge in [-0.1, -0.05) is 30.0 Å². The Bertz CT molecular complexity index is 833. The molecule has 1 aliphatic heterocycles. The molecule has 0 saturated heterocycles. The molecule has 2 aromatic carbocycles. The molecule has 5 heteroatoms. The molecule has 0 aromatic heterocycles. The molecule has 26 heavy (non-hydrogen) atoms. The van der Waals surface area contributed by atoms with E-state index >= 15 is 0 Å².